The van der Waals surface area contributed by atoms with E-state index in [0.29, 0.717) is 6.10 Å². The van der Waals surface area contributed by atoms with Gasteiger partial charge >= 0.3 is 0 Å². The molecule has 0 amide bonds. The summed E-state index contributed by atoms with van der Waals surface area (Å²) in [5, 5.41) is 3.52. The second-order valence-electron chi connectivity index (χ2n) is 5.35. The molecule has 1 aliphatic carbocycles. The third-order valence-corrected chi connectivity index (χ3v) is 4.43. The normalized spacial score (nSPS) is 47.0. The van der Waals surface area contributed by atoms with Crippen molar-refractivity contribution in [1.82, 2.24) is 10.2 Å². The first-order valence-corrected chi connectivity index (χ1v) is 6.44. The van der Waals surface area contributed by atoms with Gasteiger partial charge in [-0.05, 0) is 31.7 Å². The van der Waals surface area contributed by atoms with E-state index in [2.05, 4.69) is 17.1 Å². The van der Waals surface area contributed by atoms with E-state index in [4.69, 9.17) is 4.74 Å². The molecule has 15 heavy (non-hydrogen) atoms. The van der Waals surface area contributed by atoms with Crippen molar-refractivity contribution >= 4 is 0 Å². The summed E-state index contributed by atoms with van der Waals surface area (Å²) in [4.78, 5) is 2.74. The summed E-state index contributed by atoms with van der Waals surface area (Å²) < 4.78 is 5.86. The first-order valence-electron chi connectivity index (χ1n) is 6.44. The molecule has 86 valence electrons. The van der Waals surface area contributed by atoms with Gasteiger partial charge in [0.05, 0.1) is 12.7 Å². The van der Waals surface area contributed by atoms with E-state index in [-0.39, 0.29) is 0 Å². The second-order valence-corrected chi connectivity index (χ2v) is 5.35. The third-order valence-electron chi connectivity index (χ3n) is 4.43. The summed E-state index contributed by atoms with van der Waals surface area (Å²) in [6.45, 7) is 6.86. The highest BCUT2D eigenvalue weighted by Crippen LogP contribution is 2.32. The maximum atomic E-state index is 5.86. The highest BCUT2D eigenvalue weighted by atomic mass is 16.5. The van der Waals surface area contributed by atoms with Crippen LogP contribution in [0.5, 0.6) is 0 Å². The molecule has 0 aromatic rings. The van der Waals surface area contributed by atoms with Crippen molar-refractivity contribution in [2.45, 2.75) is 44.4 Å². The summed E-state index contributed by atoms with van der Waals surface area (Å²) >= 11 is 0. The molecule has 4 atom stereocenters. The average molecular weight is 210 g/mol. The van der Waals surface area contributed by atoms with E-state index in [0.717, 1.165) is 31.2 Å². The molecule has 3 rings (SSSR count). The van der Waals surface area contributed by atoms with Crippen LogP contribution in [0.15, 0.2) is 0 Å². The van der Waals surface area contributed by atoms with Gasteiger partial charge in [0.25, 0.3) is 0 Å². The van der Waals surface area contributed by atoms with E-state index in [1.807, 2.05) is 0 Å². The Morgan fingerprint density at radius 3 is 2.93 bits per heavy atom. The maximum absolute atomic E-state index is 5.86. The van der Waals surface area contributed by atoms with Crippen LogP contribution in [-0.2, 0) is 4.74 Å². The molecule has 3 nitrogen and oxygen atoms in total. The van der Waals surface area contributed by atoms with Crippen LogP contribution in [0.25, 0.3) is 0 Å². The fraction of sp³-hybridized carbons (Fsp3) is 1.00. The monoisotopic (exact) mass is 210 g/mol. The van der Waals surface area contributed by atoms with Crippen LogP contribution in [0.3, 0.4) is 0 Å². The van der Waals surface area contributed by atoms with Crippen LogP contribution in [0.1, 0.15) is 26.2 Å². The van der Waals surface area contributed by atoms with Crippen LogP contribution >= 0.6 is 0 Å². The Kier molecular flexibility index (Phi) is 2.71. The molecule has 2 saturated heterocycles. The lowest BCUT2D eigenvalue weighted by molar-refractivity contribution is -0.0737. The van der Waals surface area contributed by atoms with E-state index in [9.17, 15) is 0 Å². The van der Waals surface area contributed by atoms with Gasteiger partial charge in [0.1, 0.15) is 0 Å². The summed E-state index contributed by atoms with van der Waals surface area (Å²) in [5.41, 5.74) is 0. The zero-order valence-corrected chi connectivity index (χ0v) is 9.61. The number of fused-ring (bicyclic) bond motifs is 1. The van der Waals surface area contributed by atoms with E-state index in [1.165, 1.54) is 32.4 Å². The Balaban J connectivity index is 1.73. The lowest BCUT2D eigenvalue weighted by Crippen LogP contribution is -2.55. The van der Waals surface area contributed by atoms with Crippen LogP contribution in [0, 0.1) is 5.92 Å². The largest absolute Gasteiger partial charge is 0.375 e. The van der Waals surface area contributed by atoms with Crippen molar-refractivity contribution in [3.05, 3.63) is 0 Å². The fourth-order valence-electron chi connectivity index (χ4n) is 3.61. The van der Waals surface area contributed by atoms with Gasteiger partial charge in [-0.25, -0.2) is 0 Å². The van der Waals surface area contributed by atoms with E-state index < -0.39 is 0 Å². The van der Waals surface area contributed by atoms with Gasteiger partial charge in [-0.15, -0.1) is 0 Å². The summed E-state index contributed by atoms with van der Waals surface area (Å²) in [7, 11) is 0. The predicted octanol–water partition coefficient (Wildman–Crippen LogP) is 0.848. The number of rotatable bonds is 1. The molecular weight excluding hydrogens is 188 g/mol. The minimum absolute atomic E-state index is 0.548. The van der Waals surface area contributed by atoms with Crippen LogP contribution < -0.4 is 5.32 Å². The quantitative estimate of drug-likeness (QED) is 0.694. The van der Waals surface area contributed by atoms with Crippen LogP contribution in [0.2, 0.25) is 0 Å². The topological polar surface area (TPSA) is 24.5 Å². The number of nitrogens with zero attached hydrogens (tertiary/aromatic N) is 1. The Labute approximate surface area is 92.2 Å². The Bertz CT molecular complexity index is 230. The first-order chi connectivity index (χ1) is 7.36. The number of hydrogen-bond donors (Lipinski definition) is 1. The highest BCUT2D eigenvalue weighted by molar-refractivity contribution is 4.96. The fourth-order valence-corrected chi connectivity index (χ4v) is 3.61. The molecule has 2 aliphatic heterocycles. The highest BCUT2D eigenvalue weighted by Gasteiger charge is 2.41. The third kappa shape index (κ3) is 1.71. The lowest BCUT2D eigenvalue weighted by Gasteiger charge is -2.42. The zero-order valence-electron chi connectivity index (χ0n) is 9.61. The first kappa shape index (κ1) is 10.1. The molecule has 0 spiro atoms. The summed E-state index contributed by atoms with van der Waals surface area (Å²) in [6, 6.07) is 1.49. The molecule has 1 N–H and O–H groups in total. The van der Waals surface area contributed by atoms with Gasteiger partial charge in [0.15, 0.2) is 0 Å². The van der Waals surface area contributed by atoms with E-state index >= 15 is 0 Å². The second kappa shape index (κ2) is 4.04. The van der Waals surface area contributed by atoms with Crippen molar-refractivity contribution in [3.8, 4) is 0 Å². The van der Waals surface area contributed by atoms with Gasteiger partial charge in [0.2, 0.25) is 0 Å². The number of nitrogens with one attached hydrogen (secondary N) is 1. The number of hydrogen-bond acceptors (Lipinski definition) is 3. The molecule has 0 radical (unpaired) electrons. The van der Waals surface area contributed by atoms with Crippen molar-refractivity contribution in [2.24, 2.45) is 5.92 Å². The molecule has 3 heteroatoms. The van der Waals surface area contributed by atoms with Gasteiger partial charge in [-0.3, -0.25) is 4.90 Å². The van der Waals surface area contributed by atoms with Crippen LogP contribution in [-0.4, -0.2) is 49.3 Å². The zero-order chi connectivity index (χ0) is 10.3. The van der Waals surface area contributed by atoms with Gasteiger partial charge in [-0.1, -0.05) is 6.92 Å². The molecule has 2 heterocycles. The molecule has 0 aromatic heterocycles. The van der Waals surface area contributed by atoms with Crippen molar-refractivity contribution < 1.29 is 4.74 Å². The summed E-state index contributed by atoms with van der Waals surface area (Å²) in [6.07, 6.45) is 4.55. The minimum Gasteiger partial charge on any atom is -0.375 e. The Hall–Kier alpha value is -0.120. The van der Waals surface area contributed by atoms with Crippen molar-refractivity contribution in [1.29, 1.82) is 0 Å². The number of ether oxygens (including phenoxy) is 1. The van der Waals surface area contributed by atoms with E-state index in [1.54, 1.807) is 0 Å². The maximum Gasteiger partial charge on any atom is 0.0731 e. The molecule has 0 aromatic carbocycles. The predicted molar refractivity (Wildman–Crippen MR) is 59.9 cm³/mol. The lowest BCUT2D eigenvalue weighted by atomic mass is 10.00. The smallest absolute Gasteiger partial charge is 0.0731 e. The Morgan fingerprint density at radius 1 is 1.20 bits per heavy atom. The SMILES string of the molecule is CC1CNCC1N1CCOC2CCCC21. The van der Waals surface area contributed by atoms with Crippen LogP contribution in [0.4, 0.5) is 0 Å². The van der Waals surface area contributed by atoms with Crippen molar-refractivity contribution in [2.75, 3.05) is 26.2 Å². The molecule has 3 fully saturated rings. The number of morpholine rings is 1. The Morgan fingerprint density at radius 2 is 2.13 bits per heavy atom. The molecule has 3 aliphatic rings. The standard InChI is InChI=1S/C12H22N2O/c1-9-7-13-8-11(9)14-5-6-15-12-4-2-3-10(12)14/h9-13H,2-8H2,1H3. The molecule has 1 saturated carbocycles. The van der Waals surface area contributed by atoms with Crippen molar-refractivity contribution in [3.63, 3.8) is 0 Å². The molecule has 4 unspecified atom stereocenters. The summed E-state index contributed by atoms with van der Waals surface area (Å²) in [5.74, 6) is 0.810. The van der Waals surface area contributed by atoms with Gasteiger partial charge in [-0.2, -0.15) is 0 Å². The minimum atomic E-state index is 0.548. The van der Waals surface area contributed by atoms with Gasteiger partial charge < -0.3 is 10.1 Å². The molecule has 0 bridgehead atoms. The molecular formula is C12H22N2O. The van der Waals surface area contributed by atoms with Gasteiger partial charge in [0, 0.05) is 25.2 Å². The average Bonchev–Trinajstić information content (AvgIpc) is 2.85.